The zero-order valence-electron chi connectivity index (χ0n) is 19.4. The molecule has 8 nitrogen and oxygen atoms in total. The molecular weight excluding hydrogens is 430 g/mol. The quantitative estimate of drug-likeness (QED) is 0.448. The number of piperidine rings is 1. The lowest BCUT2D eigenvalue weighted by Gasteiger charge is -2.41. The average molecular weight is 458 g/mol. The molecule has 0 unspecified atom stereocenters. The Balaban J connectivity index is 1.28. The fraction of sp³-hybridized carbons (Fsp3) is 0.500. The fourth-order valence-corrected chi connectivity index (χ4v) is 5.31. The lowest BCUT2D eigenvalue weighted by atomic mass is 9.89. The van der Waals surface area contributed by atoms with Gasteiger partial charge in [-0.15, -0.1) is 10.2 Å². The molecule has 3 aromatic heterocycles. The van der Waals surface area contributed by atoms with Crippen molar-refractivity contribution in [2.75, 3.05) is 25.1 Å². The molecule has 4 heterocycles. The van der Waals surface area contributed by atoms with Crippen LogP contribution in [0.2, 0.25) is 0 Å². The Bertz CT molecular complexity index is 1340. The van der Waals surface area contributed by atoms with Crippen LogP contribution in [0.3, 0.4) is 0 Å². The van der Waals surface area contributed by atoms with Gasteiger partial charge in [-0.1, -0.05) is 17.7 Å². The number of rotatable bonds is 6. The van der Waals surface area contributed by atoms with Crippen molar-refractivity contribution in [2.24, 2.45) is 0 Å². The minimum absolute atomic E-state index is 0.176. The van der Waals surface area contributed by atoms with Gasteiger partial charge in [0.1, 0.15) is 20.0 Å². The second kappa shape index (κ2) is 8.65. The summed E-state index contributed by atoms with van der Waals surface area (Å²) < 4.78 is 16.3. The molecule has 1 aromatic carbocycles. The van der Waals surface area contributed by atoms with E-state index >= 15 is 0 Å². The minimum Gasteiger partial charge on any atom is -0.350 e. The zero-order chi connectivity index (χ0) is 23.2. The van der Waals surface area contributed by atoms with E-state index in [1.54, 1.807) is 9.20 Å². The van der Waals surface area contributed by atoms with Crippen molar-refractivity contribution in [2.45, 2.75) is 57.7 Å². The third-order valence-electron chi connectivity index (χ3n) is 7.39. The topological polar surface area (TPSA) is 76.2 Å². The van der Waals surface area contributed by atoms with E-state index in [2.05, 4.69) is 20.5 Å². The summed E-state index contributed by atoms with van der Waals surface area (Å²) in [7, 11) is 6.39. The molecule has 0 bridgehead atoms. The summed E-state index contributed by atoms with van der Waals surface area (Å²) in [5.74, 6) is 0.613. The van der Waals surface area contributed by atoms with Crippen LogP contribution in [-0.4, -0.2) is 74.2 Å². The first-order valence-electron chi connectivity index (χ1n) is 12.2. The first-order chi connectivity index (χ1) is 16.6. The predicted molar refractivity (Wildman–Crippen MR) is 131 cm³/mol. The number of benzene rings is 1. The molecule has 0 atom stereocenters. The molecule has 4 aromatic rings. The number of alkyl halides is 1. The predicted octanol–water partition coefficient (Wildman–Crippen LogP) is 2.64. The Hall–Kier alpha value is -3.01. The summed E-state index contributed by atoms with van der Waals surface area (Å²) in [6.45, 7) is 3.94. The molecule has 6 rings (SSSR count). The van der Waals surface area contributed by atoms with Crippen LogP contribution < -0.4 is 10.9 Å². The van der Waals surface area contributed by atoms with E-state index in [-0.39, 0.29) is 6.54 Å². The highest BCUT2D eigenvalue weighted by Gasteiger charge is 2.29. The van der Waals surface area contributed by atoms with Crippen molar-refractivity contribution >= 4 is 35.9 Å². The van der Waals surface area contributed by atoms with Gasteiger partial charge in [0.2, 0.25) is 5.95 Å². The minimum atomic E-state index is -0.493. The van der Waals surface area contributed by atoms with E-state index < -0.39 is 6.67 Å². The molecule has 0 amide bonds. The molecule has 2 radical (unpaired) electrons. The van der Waals surface area contributed by atoms with E-state index in [9.17, 15) is 4.39 Å². The molecule has 0 spiro atoms. The molecular formula is C24H28BFN8. The fourth-order valence-electron chi connectivity index (χ4n) is 5.31. The molecule has 2 fully saturated rings. The Labute approximate surface area is 198 Å². The molecule has 1 aliphatic carbocycles. The summed E-state index contributed by atoms with van der Waals surface area (Å²) in [5.41, 5.74) is 5.67. The number of likely N-dealkylation sites (tertiary alicyclic amines) is 1. The molecule has 10 heteroatoms. The van der Waals surface area contributed by atoms with Crippen LogP contribution in [0.15, 0.2) is 24.3 Å². The average Bonchev–Trinajstić information content (AvgIpc) is 3.35. The highest BCUT2D eigenvalue weighted by molar-refractivity contribution is 6.32. The molecule has 1 N–H and O–H groups in total. The summed E-state index contributed by atoms with van der Waals surface area (Å²) in [6.07, 6.45) is 6.29. The lowest BCUT2D eigenvalue weighted by molar-refractivity contribution is 0.101. The van der Waals surface area contributed by atoms with Gasteiger partial charge in [0.25, 0.3) is 0 Å². The standard InChI is InChI=1S/C24H28BFN8/c1-15-23-19(16-5-6-20-21(13-16)33(12-9-26)31-29-20)14-22(25)34(23)30-24(27-15)28-17-7-10-32(11-8-17)18-3-2-4-18/h5-6,13-14,17-18H,2-4,7-12H2,1H3,(H,28,30). The van der Waals surface area contributed by atoms with Gasteiger partial charge in [-0.2, -0.15) is 0 Å². The van der Waals surface area contributed by atoms with Crippen molar-refractivity contribution in [1.29, 1.82) is 0 Å². The maximum atomic E-state index is 12.9. The van der Waals surface area contributed by atoms with E-state index in [1.165, 1.54) is 19.3 Å². The summed E-state index contributed by atoms with van der Waals surface area (Å²) in [5, 5.41) is 16.5. The smallest absolute Gasteiger partial charge is 0.241 e. The molecule has 1 saturated carbocycles. The van der Waals surface area contributed by atoms with E-state index in [0.717, 1.165) is 65.3 Å². The second-order valence-electron chi connectivity index (χ2n) is 9.51. The van der Waals surface area contributed by atoms with Crippen molar-refractivity contribution in [3.8, 4) is 11.1 Å². The maximum Gasteiger partial charge on any atom is 0.241 e. The van der Waals surface area contributed by atoms with Crippen LogP contribution in [0.4, 0.5) is 10.3 Å². The number of halogens is 1. The van der Waals surface area contributed by atoms with Gasteiger partial charge in [0.15, 0.2) is 0 Å². The van der Waals surface area contributed by atoms with Crippen LogP contribution in [0.5, 0.6) is 0 Å². The first-order valence-corrected chi connectivity index (χ1v) is 12.2. The molecule has 34 heavy (non-hydrogen) atoms. The van der Waals surface area contributed by atoms with Crippen LogP contribution in [-0.2, 0) is 6.54 Å². The van der Waals surface area contributed by atoms with E-state index in [4.69, 9.17) is 17.9 Å². The lowest BCUT2D eigenvalue weighted by Crippen LogP contribution is -2.47. The van der Waals surface area contributed by atoms with Gasteiger partial charge in [-0.25, -0.2) is 18.6 Å². The van der Waals surface area contributed by atoms with Gasteiger partial charge < -0.3 is 10.2 Å². The highest BCUT2D eigenvalue weighted by Crippen LogP contribution is 2.30. The van der Waals surface area contributed by atoms with E-state index in [0.29, 0.717) is 17.6 Å². The van der Waals surface area contributed by atoms with Gasteiger partial charge in [0, 0.05) is 30.7 Å². The monoisotopic (exact) mass is 458 g/mol. The van der Waals surface area contributed by atoms with Gasteiger partial charge in [-0.3, -0.25) is 0 Å². The van der Waals surface area contributed by atoms with Gasteiger partial charge in [-0.05, 0) is 62.0 Å². The van der Waals surface area contributed by atoms with Crippen LogP contribution in [0.25, 0.3) is 27.7 Å². The zero-order valence-corrected chi connectivity index (χ0v) is 19.4. The third kappa shape index (κ3) is 3.74. The molecule has 174 valence electrons. The second-order valence-corrected chi connectivity index (χ2v) is 9.51. The van der Waals surface area contributed by atoms with Crippen molar-refractivity contribution in [3.05, 3.63) is 30.0 Å². The number of hydrogen-bond donors (Lipinski definition) is 1. The van der Waals surface area contributed by atoms with Crippen molar-refractivity contribution < 1.29 is 4.39 Å². The van der Waals surface area contributed by atoms with Crippen LogP contribution in [0, 0.1) is 6.92 Å². The van der Waals surface area contributed by atoms with Crippen LogP contribution >= 0.6 is 0 Å². The van der Waals surface area contributed by atoms with Crippen molar-refractivity contribution in [1.82, 2.24) is 34.5 Å². The van der Waals surface area contributed by atoms with Gasteiger partial charge in [0.05, 0.1) is 23.3 Å². The summed E-state index contributed by atoms with van der Waals surface area (Å²) in [4.78, 5) is 7.42. The number of nitrogens with one attached hydrogen (secondary N) is 1. The Morgan fingerprint density at radius 2 is 1.97 bits per heavy atom. The van der Waals surface area contributed by atoms with Gasteiger partial charge >= 0.3 is 0 Å². The number of fused-ring (bicyclic) bond motifs is 2. The number of nitrogens with zero attached hydrogens (tertiary/aromatic N) is 7. The number of hydrogen-bond acceptors (Lipinski definition) is 6. The highest BCUT2D eigenvalue weighted by atomic mass is 19.1. The maximum absolute atomic E-state index is 12.9. The first kappa shape index (κ1) is 21.5. The summed E-state index contributed by atoms with van der Waals surface area (Å²) >= 11 is 0. The Morgan fingerprint density at radius 3 is 2.71 bits per heavy atom. The largest absolute Gasteiger partial charge is 0.350 e. The van der Waals surface area contributed by atoms with Crippen LogP contribution in [0.1, 0.15) is 37.8 Å². The number of aromatic nitrogens is 6. The number of anilines is 1. The van der Waals surface area contributed by atoms with E-state index in [1.807, 2.05) is 31.2 Å². The molecule has 1 saturated heterocycles. The van der Waals surface area contributed by atoms with Crippen molar-refractivity contribution in [3.63, 3.8) is 0 Å². The molecule has 1 aliphatic heterocycles. The normalized spacial score (nSPS) is 18.1. The Kier molecular flexibility index (Phi) is 5.48. The molecule has 2 aliphatic rings. The number of aryl methyl sites for hydroxylation is 2. The third-order valence-corrected chi connectivity index (χ3v) is 7.39. The Morgan fingerprint density at radius 1 is 1.15 bits per heavy atom. The SMILES string of the molecule is [B]c1cc(-c2ccc3nnn(CCF)c3c2)c2c(C)nc(NC3CCN(C4CCC4)CC3)nn12. The summed E-state index contributed by atoms with van der Waals surface area (Å²) in [6, 6.07) is 8.94.